The SMILES string of the molecule is CN1CCN(C(=O)c2c(Cl)cc(NC3CN(C4CCN(C(=O)[C@@](C)(O)c5cc(F)cc(F)c5)CC4)C3)cc2Cl)CC1. The molecule has 3 aliphatic heterocycles. The highest BCUT2D eigenvalue weighted by molar-refractivity contribution is 6.40. The minimum absolute atomic E-state index is 0.101. The number of carbonyl (C=O) groups excluding carboxylic acids is 2. The average molecular weight is 611 g/mol. The summed E-state index contributed by atoms with van der Waals surface area (Å²) in [6, 6.07) is 6.65. The summed E-state index contributed by atoms with van der Waals surface area (Å²) >= 11 is 13.0. The highest BCUT2D eigenvalue weighted by Crippen LogP contribution is 2.33. The minimum atomic E-state index is -2.02. The predicted molar refractivity (Wildman–Crippen MR) is 154 cm³/mol. The largest absolute Gasteiger partial charge is 0.380 e. The number of hydrogen-bond donors (Lipinski definition) is 2. The first-order valence-electron chi connectivity index (χ1n) is 13.9. The number of hydrogen-bond acceptors (Lipinski definition) is 6. The molecule has 3 fully saturated rings. The number of carbonyl (C=O) groups is 2. The van der Waals surface area contributed by atoms with Crippen LogP contribution in [0.2, 0.25) is 10.0 Å². The standard InChI is InChI=1S/C29H35Cl2F2N5O3/c1-29(41,18-11-19(32)13-20(33)12-18)28(40)37-5-3-23(4-6-37)38-16-22(17-38)34-21-14-24(30)26(25(31)15-21)27(39)36-9-7-35(2)8-10-36/h11-15,22-23,34,41H,3-10,16-17H2,1-2H3/t29-/m0/s1. The van der Waals surface area contributed by atoms with Crippen LogP contribution in [-0.4, -0.2) is 108 Å². The lowest BCUT2D eigenvalue weighted by Gasteiger charge is -2.48. The van der Waals surface area contributed by atoms with Crippen molar-refractivity contribution in [1.82, 2.24) is 19.6 Å². The number of benzene rings is 2. The van der Waals surface area contributed by atoms with Crippen molar-refractivity contribution in [3.8, 4) is 0 Å². The number of nitrogens with zero attached hydrogens (tertiary/aromatic N) is 4. The number of halogens is 4. The van der Waals surface area contributed by atoms with Crippen molar-refractivity contribution in [2.45, 2.75) is 37.5 Å². The van der Waals surface area contributed by atoms with Crippen LogP contribution in [0.15, 0.2) is 30.3 Å². The van der Waals surface area contributed by atoms with Crippen LogP contribution in [0.5, 0.6) is 0 Å². The van der Waals surface area contributed by atoms with E-state index in [0.717, 1.165) is 56.8 Å². The van der Waals surface area contributed by atoms with Crippen molar-refractivity contribution in [1.29, 1.82) is 0 Å². The van der Waals surface area contributed by atoms with Crippen LogP contribution in [0.4, 0.5) is 14.5 Å². The normalized spacial score (nSPS) is 21.0. The number of amides is 2. The van der Waals surface area contributed by atoms with E-state index in [-0.39, 0.29) is 23.6 Å². The molecule has 8 nitrogen and oxygen atoms in total. The van der Waals surface area contributed by atoms with Gasteiger partial charge in [-0.3, -0.25) is 14.5 Å². The third-order valence-electron chi connectivity index (χ3n) is 8.44. The summed E-state index contributed by atoms with van der Waals surface area (Å²) in [5.41, 5.74) is -1.03. The first kappa shape index (κ1) is 30.0. The van der Waals surface area contributed by atoms with Gasteiger partial charge in [0.2, 0.25) is 0 Å². The number of likely N-dealkylation sites (tertiary alicyclic amines) is 2. The van der Waals surface area contributed by atoms with E-state index in [1.54, 1.807) is 21.9 Å². The Morgan fingerprint density at radius 2 is 1.46 bits per heavy atom. The summed E-state index contributed by atoms with van der Waals surface area (Å²) in [6.07, 6.45) is 1.46. The monoisotopic (exact) mass is 609 g/mol. The fourth-order valence-electron chi connectivity index (χ4n) is 5.87. The number of piperidine rings is 1. The lowest BCUT2D eigenvalue weighted by Crippen LogP contribution is -2.61. The van der Waals surface area contributed by atoms with E-state index in [1.807, 2.05) is 7.05 Å². The quantitative estimate of drug-likeness (QED) is 0.520. The van der Waals surface area contributed by atoms with Crippen molar-refractivity contribution >= 4 is 40.7 Å². The number of nitrogens with one attached hydrogen (secondary N) is 1. The van der Waals surface area contributed by atoms with E-state index >= 15 is 0 Å². The van der Waals surface area contributed by atoms with E-state index in [2.05, 4.69) is 15.1 Å². The average Bonchev–Trinajstić information content (AvgIpc) is 2.89. The Labute approximate surface area is 248 Å². The lowest BCUT2D eigenvalue weighted by molar-refractivity contribution is -0.152. The Hall–Kier alpha value is -2.50. The Kier molecular flexibility index (Phi) is 8.78. The predicted octanol–water partition coefficient (Wildman–Crippen LogP) is 3.65. The lowest BCUT2D eigenvalue weighted by atomic mass is 9.91. The van der Waals surface area contributed by atoms with Gasteiger partial charge in [-0.25, -0.2) is 8.78 Å². The molecule has 2 N–H and O–H groups in total. The molecule has 3 heterocycles. The number of rotatable bonds is 6. The topological polar surface area (TPSA) is 79.4 Å². The van der Waals surface area contributed by atoms with Crippen LogP contribution < -0.4 is 5.32 Å². The van der Waals surface area contributed by atoms with Crippen LogP contribution in [0.3, 0.4) is 0 Å². The molecule has 2 aromatic carbocycles. The van der Waals surface area contributed by atoms with E-state index in [9.17, 15) is 23.5 Å². The Morgan fingerprint density at radius 3 is 2.02 bits per heavy atom. The Bertz CT molecular complexity index is 1260. The molecule has 222 valence electrons. The molecule has 2 aromatic rings. The van der Waals surface area contributed by atoms with Crippen molar-refractivity contribution in [3.05, 3.63) is 63.1 Å². The van der Waals surface area contributed by atoms with Gasteiger partial charge >= 0.3 is 0 Å². The highest BCUT2D eigenvalue weighted by atomic mass is 35.5. The molecule has 0 unspecified atom stereocenters. The van der Waals surface area contributed by atoms with Gasteiger partial charge in [-0.2, -0.15) is 0 Å². The summed E-state index contributed by atoms with van der Waals surface area (Å²) in [7, 11) is 2.03. The Morgan fingerprint density at radius 1 is 0.902 bits per heavy atom. The molecule has 0 saturated carbocycles. The number of likely N-dealkylation sites (N-methyl/N-ethyl adjacent to an activating group) is 1. The van der Waals surface area contributed by atoms with Gasteiger partial charge < -0.3 is 25.1 Å². The molecular formula is C29H35Cl2F2N5O3. The summed E-state index contributed by atoms with van der Waals surface area (Å²) < 4.78 is 27.3. The van der Waals surface area contributed by atoms with Crippen LogP contribution in [-0.2, 0) is 10.4 Å². The van der Waals surface area contributed by atoms with Crippen molar-refractivity contribution in [2.24, 2.45) is 0 Å². The summed E-state index contributed by atoms with van der Waals surface area (Å²) in [6.45, 7) is 6.66. The van der Waals surface area contributed by atoms with Crippen LogP contribution in [0.25, 0.3) is 0 Å². The Balaban J connectivity index is 1.11. The molecule has 0 spiro atoms. The molecule has 0 aromatic heterocycles. The third-order valence-corrected chi connectivity index (χ3v) is 9.03. The number of piperazine rings is 1. The molecule has 0 aliphatic carbocycles. The fourth-order valence-corrected chi connectivity index (χ4v) is 6.52. The van der Waals surface area contributed by atoms with Crippen LogP contribution in [0.1, 0.15) is 35.7 Å². The van der Waals surface area contributed by atoms with Gasteiger partial charge in [-0.15, -0.1) is 0 Å². The first-order chi connectivity index (χ1) is 19.4. The second-order valence-electron chi connectivity index (χ2n) is 11.5. The molecule has 0 radical (unpaired) electrons. The van der Waals surface area contributed by atoms with Crippen molar-refractivity contribution in [2.75, 3.05) is 64.7 Å². The smallest absolute Gasteiger partial charge is 0.258 e. The van der Waals surface area contributed by atoms with Gasteiger partial charge in [0.15, 0.2) is 5.60 Å². The second-order valence-corrected chi connectivity index (χ2v) is 12.3. The zero-order valence-corrected chi connectivity index (χ0v) is 24.7. The second kappa shape index (κ2) is 12.0. The zero-order valence-electron chi connectivity index (χ0n) is 23.2. The number of anilines is 1. The molecule has 0 bridgehead atoms. The maximum atomic E-state index is 13.7. The van der Waals surface area contributed by atoms with E-state index < -0.39 is 23.1 Å². The highest BCUT2D eigenvalue weighted by Gasteiger charge is 2.40. The molecular weight excluding hydrogens is 575 g/mol. The molecule has 41 heavy (non-hydrogen) atoms. The van der Waals surface area contributed by atoms with E-state index in [1.165, 1.54) is 6.92 Å². The van der Waals surface area contributed by atoms with Gasteiger partial charge in [-0.05, 0) is 56.6 Å². The van der Waals surface area contributed by atoms with Gasteiger partial charge in [0, 0.05) is 70.2 Å². The third kappa shape index (κ3) is 6.46. The molecule has 5 rings (SSSR count). The van der Waals surface area contributed by atoms with Gasteiger partial charge in [-0.1, -0.05) is 23.2 Å². The van der Waals surface area contributed by atoms with Crippen LogP contribution in [0, 0.1) is 11.6 Å². The molecule has 1 atom stereocenters. The van der Waals surface area contributed by atoms with Gasteiger partial charge in [0.1, 0.15) is 11.6 Å². The van der Waals surface area contributed by atoms with Gasteiger partial charge in [0.05, 0.1) is 21.7 Å². The summed E-state index contributed by atoms with van der Waals surface area (Å²) in [5, 5.41) is 14.9. The number of aliphatic hydroxyl groups is 1. The summed E-state index contributed by atoms with van der Waals surface area (Å²) in [5.74, 6) is -2.39. The first-order valence-corrected chi connectivity index (χ1v) is 14.6. The van der Waals surface area contributed by atoms with E-state index in [0.29, 0.717) is 47.9 Å². The van der Waals surface area contributed by atoms with Gasteiger partial charge in [0.25, 0.3) is 11.8 Å². The molecule has 3 saturated heterocycles. The maximum absolute atomic E-state index is 13.7. The molecule has 3 aliphatic rings. The van der Waals surface area contributed by atoms with Crippen LogP contribution >= 0.6 is 23.2 Å². The summed E-state index contributed by atoms with van der Waals surface area (Å²) in [4.78, 5) is 33.9. The van der Waals surface area contributed by atoms with E-state index in [4.69, 9.17) is 23.2 Å². The van der Waals surface area contributed by atoms with Crippen molar-refractivity contribution in [3.63, 3.8) is 0 Å². The zero-order chi connectivity index (χ0) is 29.5. The fraction of sp³-hybridized carbons (Fsp3) is 0.517. The minimum Gasteiger partial charge on any atom is -0.380 e. The van der Waals surface area contributed by atoms with Crippen molar-refractivity contribution < 1.29 is 23.5 Å². The molecule has 12 heteroatoms. The molecule has 2 amide bonds. The maximum Gasteiger partial charge on any atom is 0.258 e.